The van der Waals surface area contributed by atoms with E-state index in [9.17, 15) is 4.79 Å². The Kier molecular flexibility index (Phi) is 17.4. The van der Waals surface area contributed by atoms with Gasteiger partial charge in [-0.1, -0.05) is 0 Å². The highest BCUT2D eigenvalue weighted by Gasteiger charge is 1.96. The Morgan fingerprint density at radius 2 is 0.966 bits per heavy atom. The fourth-order valence-corrected chi connectivity index (χ4v) is 2.10. The second-order valence-electron chi connectivity index (χ2n) is 5.79. The van der Waals surface area contributed by atoms with Gasteiger partial charge in [0, 0.05) is 12.2 Å². The molecule has 0 atom stereocenters. The minimum atomic E-state index is 0.446. The molecule has 1 aromatic rings. The average molecular weight is 414 g/mol. The summed E-state index contributed by atoms with van der Waals surface area (Å²) >= 11 is 0. The van der Waals surface area contributed by atoms with Gasteiger partial charge < -0.3 is 33.2 Å². The summed E-state index contributed by atoms with van der Waals surface area (Å²) in [5.74, 6) is 0.714. The van der Waals surface area contributed by atoms with E-state index in [-0.39, 0.29) is 0 Å². The Bertz CT molecular complexity index is 480. The van der Waals surface area contributed by atoms with Gasteiger partial charge in [0.25, 0.3) is 0 Å². The fourth-order valence-electron chi connectivity index (χ4n) is 2.10. The summed E-state index contributed by atoms with van der Waals surface area (Å²) in [7, 11) is 0. The zero-order valence-electron chi connectivity index (χ0n) is 17.3. The van der Waals surface area contributed by atoms with Crippen LogP contribution in [0.15, 0.2) is 24.3 Å². The van der Waals surface area contributed by atoms with Crippen LogP contribution in [0.4, 0.5) is 0 Å². The van der Waals surface area contributed by atoms with Gasteiger partial charge in [0.15, 0.2) is 0 Å². The Balaban J connectivity index is 1.73. The van der Waals surface area contributed by atoms with E-state index in [0.717, 1.165) is 6.29 Å². The maximum absolute atomic E-state index is 10.6. The molecule has 0 spiro atoms. The third-order valence-electron chi connectivity index (χ3n) is 3.58. The fraction of sp³-hybridized carbons (Fsp3) is 0.667. The molecular weight excluding hydrogens is 380 g/mol. The van der Waals surface area contributed by atoms with E-state index in [0.29, 0.717) is 97.2 Å². The second-order valence-corrected chi connectivity index (χ2v) is 5.79. The largest absolute Gasteiger partial charge is 0.491 e. The van der Waals surface area contributed by atoms with Crippen molar-refractivity contribution in [1.29, 1.82) is 0 Å². The summed E-state index contributed by atoms with van der Waals surface area (Å²) in [5, 5.41) is 0. The lowest BCUT2D eigenvalue weighted by Crippen LogP contribution is -2.14. The summed E-state index contributed by atoms with van der Waals surface area (Å²) in [6.45, 7) is 9.04. The molecule has 0 saturated carbocycles. The first kappa shape index (κ1) is 25.5. The molecular formula is C21H34O8. The van der Waals surface area contributed by atoms with Crippen molar-refractivity contribution in [2.24, 2.45) is 0 Å². The molecule has 0 unspecified atom stereocenters. The molecule has 0 aliphatic heterocycles. The number of aldehydes is 1. The van der Waals surface area contributed by atoms with Gasteiger partial charge >= 0.3 is 0 Å². The molecule has 29 heavy (non-hydrogen) atoms. The van der Waals surface area contributed by atoms with Crippen LogP contribution >= 0.6 is 0 Å². The lowest BCUT2D eigenvalue weighted by molar-refractivity contribution is -0.0173. The van der Waals surface area contributed by atoms with Crippen molar-refractivity contribution in [3.63, 3.8) is 0 Å². The number of hydrogen-bond acceptors (Lipinski definition) is 8. The van der Waals surface area contributed by atoms with Crippen molar-refractivity contribution in [3.8, 4) is 5.75 Å². The summed E-state index contributed by atoms with van der Waals surface area (Å²) < 4.78 is 37.6. The molecule has 8 nitrogen and oxygen atoms in total. The Morgan fingerprint density at radius 1 is 0.586 bits per heavy atom. The average Bonchev–Trinajstić information content (AvgIpc) is 2.75. The second kappa shape index (κ2) is 19.8. The lowest BCUT2D eigenvalue weighted by Gasteiger charge is -2.09. The van der Waals surface area contributed by atoms with Crippen LogP contribution in [0.2, 0.25) is 0 Å². The number of hydrogen-bond donors (Lipinski definition) is 0. The molecule has 0 heterocycles. The first-order valence-electron chi connectivity index (χ1n) is 10.0. The van der Waals surface area contributed by atoms with Crippen LogP contribution in [-0.4, -0.2) is 92.2 Å². The Hall–Kier alpha value is -1.55. The van der Waals surface area contributed by atoms with Crippen LogP contribution < -0.4 is 4.74 Å². The van der Waals surface area contributed by atoms with Crippen LogP contribution in [-0.2, 0) is 28.4 Å². The molecule has 0 bridgehead atoms. The van der Waals surface area contributed by atoms with Crippen LogP contribution in [0.5, 0.6) is 5.75 Å². The molecule has 166 valence electrons. The number of carbonyl (C=O) groups is 1. The van der Waals surface area contributed by atoms with E-state index in [1.807, 2.05) is 6.92 Å². The van der Waals surface area contributed by atoms with Crippen LogP contribution in [0.25, 0.3) is 0 Å². The molecule has 0 fully saturated rings. The third kappa shape index (κ3) is 16.0. The highest BCUT2D eigenvalue weighted by Crippen LogP contribution is 2.10. The van der Waals surface area contributed by atoms with Crippen molar-refractivity contribution in [3.05, 3.63) is 29.8 Å². The standard InChI is InChI=1S/C21H34O8/c1-2-23-7-8-24-9-10-25-11-12-26-13-14-27-15-16-28-17-18-29-21-5-3-20(19-22)4-6-21/h3-6,19H,2,7-18H2,1H3. The zero-order valence-corrected chi connectivity index (χ0v) is 17.3. The predicted octanol–water partition coefficient (Wildman–Crippen LogP) is 2.00. The van der Waals surface area contributed by atoms with Gasteiger partial charge in [0.2, 0.25) is 0 Å². The lowest BCUT2D eigenvalue weighted by atomic mass is 10.2. The molecule has 0 saturated heterocycles. The van der Waals surface area contributed by atoms with E-state index in [1.165, 1.54) is 0 Å². The molecule has 1 rings (SSSR count). The summed E-state index contributed by atoms with van der Waals surface area (Å²) in [4.78, 5) is 10.6. The molecule has 0 aliphatic rings. The van der Waals surface area contributed by atoms with Gasteiger partial charge in [-0.15, -0.1) is 0 Å². The quantitative estimate of drug-likeness (QED) is 0.223. The topological polar surface area (TPSA) is 81.7 Å². The maximum Gasteiger partial charge on any atom is 0.150 e. The minimum absolute atomic E-state index is 0.446. The SMILES string of the molecule is CCOCCOCCOCCOCCOCCOCCOc1ccc(C=O)cc1. The highest BCUT2D eigenvalue weighted by atomic mass is 16.6. The summed E-state index contributed by atoms with van der Waals surface area (Å²) in [6.07, 6.45) is 0.801. The molecule has 0 amide bonds. The van der Waals surface area contributed by atoms with Crippen molar-refractivity contribution in [2.75, 3.05) is 85.9 Å². The van der Waals surface area contributed by atoms with Gasteiger partial charge in [0.1, 0.15) is 18.6 Å². The van der Waals surface area contributed by atoms with Crippen LogP contribution in [0, 0.1) is 0 Å². The van der Waals surface area contributed by atoms with Gasteiger partial charge in [0.05, 0.1) is 72.7 Å². The van der Waals surface area contributed by atoms with Crippen molar-refractivity contribution < 1.29 is 38.0 Å². The normalized spacial score (nSPS) is 10.9. The van der Waals surface area contributed by atoms with E-state index < -0.39 is 0 Å². The molecule has 0 aromatic heterocycles. The molecule has 0 N–H and O–H groups in total. The maximum atomic E-state index is 10.6. The third-order valence-corrected chi connectivity index (χ3v) is 3.58. The monoisotopic (exact) mass is 414 g/mol. The van der Waals surface area contributed by atoms with Crippen molar-refractivity contribution in [2.45, 2.75) is 6.92 Å². The zero-order chi connectivity index (χ0) is 20.8. The molecule has 8 heteroatoms. The van der Waals surface area contributed by atoms with Crippen molar-refractivity contribution >= 4 is 6.29 Å². The summed E-state index contributed by atoms with van der Waals surface area (Å²) in [5.41, 5.74) is 0.626. The molecule has 0 aliphatic carbocycles. The summed E-state index contributed by atoms with van der Waals surface area (Å²) in [6, 6.07) is 6.95. The first-order chi connectivity index (χ1) is 14.4. The highest BCUT2D eigenvalue weighted by molar-refractivity contribution is 5.74. The first-order valence-corrected chi connectivity index (χ1v) is 10.0. The van der Waals surface area contributed by atoms with Gasteiger partial charge in [-0.2, -0.15) is 0 Å². The predicted molar refractivity (Wildman–Crippen MR) is 108 cm³/mol. The number of rotatable bonds is 21. The van der Waals surface area contributed by atoms with E-state index in [2.05, 4.69) is 0 Å². The van der Waals surface area contributed by atoms with Gasteiger partial charge in [-0.25, -0.2) is 0 Å². The molecule has 0 radical (unpaired) electrons. The van der Waals surface area contributed by atoms with Gasteiger partial charge in [-0.3, -0.25) is 4.79 Å². The molecule has 1 aromatic carbocycles. The van der Waals surface area contributed by atoms with E-state index in [4.69, 9.17) is 33.2 Å². The number of ether oxygens (including phenoxy) is 7. The number of benzene rings is 1. The smallest absolute Gasteiger partial charge is 0.150 e. The van der Waals surface area contributed by atoms with Crippen LogP contribution in [0.1, 0.15) is 17.3 Å². The minimum Gasteiger partial charge on any atom is -0.491 e. The van der Waals surface area contributed by atoms with E-state index in [1.54, 1.807) is 24.3 Å². The van der Waals surface area contributed by atoms with Crippen LogP contribution in [0.3, 0.4) is 0 Å². The van der Waals surface area contributed by atoms with Gasteiger partial charge in [-0.05, 0) is 31.2 Å². The Morgan fingerprint density at radius 3 is 1.34 bits per heavy atom. The van der Waals surface area contributed by atoms with Crippen molar-refractivity contribution in [1.82, 2.24) is 0 Å². The number of carbonyl (C=O) groups excluding carboxylic acids is 1. The van der Waals surface area contributed by atoms with E-state index >= 15 is 0 Å². The Labute approximate surface area is 173 Å².